The number of carbonyl (C=O) groups excluding carboxylic acids is 1. The molecule has 2 saturated heterocycles. The lowest BCUT2D eigenvalue weighted by Crippen LogP contribution is -2.55. The Bertz CT molecular complexity index is 851. The number of aromatic amines is 1. The molecule has 1 amide bonds. The van der Waals surface area contributed by atoms with Gasteiger partial charge in [0.1, 0.15) is 6.33 Å². The van der Waals surface area contributed by atoms with Crippen molar-refractivity contribution < 1.29 is 14.6 Å². The van der Waals surface area contributed by atoms with E-state index in [-0.39, 0.29) is 29.1 Å². The lowest BCUT2D eigenvalue weighted by Gasteiger charge is -2.50. The van der Waals surface area contributed by atoms with Gasteiger partial charge in [0.2, 0.25) is 0 Å². The minimum atomic E-state index is -0.345. The highest BCUT2D eigenvalue weighted by atomic mass is 16.5. The molecule has 0 unspecified atom stereocenters. The van der Waals surface area contributed by atoms with Gasteiger partial charge in [-0.1, -0.05) is 39.0 Å². The van der Waals surface area contributed by atoms with Gasteiger partial charge in [0, 0.05) is 31.5 Å². The van der Waals surface area contributed by atoms with Crippen molar-refractivity contribution in [2.24, 2.45) is 5.41 Å². The molecule has 29 heavy (non-hydrogen) atoms. The third-order valence-electron chi connectivity index (χ3n) is 6.24. The molecule has 0 bridgehead atoms. The van der Waals surface area contributed by atoms with Gasteiger partial charge in [-0.15, -0.1) is 0 Å². The molecular formula is C22H30N4O3. The number of aromatic nitrogens is 3. The number of aliphatic hydroxyl groups is 1. The number of hydrogen-bond donors (Lipinski definition) is 2. The van der Waals surface area contributed by atoms with Crippen LogP contribution < -0.4 is 0 Å². The number of nitrogens with zero attached hydrogens (tertiary/aromatic N) is 3. The molecule has 4 rings (SSSR count). The molecule has 2 N–H and O–H groups in total. The van der Waals surface area contributed by atoms with Crippen LogP contribution in [0.1, 0.15) is 56.8 Å². The predicted octanol–water partition coefficient (Wildman–Crippen LogP) is 3.03. The SMILES string of the molecule is CC(C)(C)[C@H]1C[C@@H](O)CC2(CCN(C(=O)c3ccccc3-c3ncn[nH]3)CC2)O1. The molecule has 3 heterocycles. The number of carbonyl (C=O) groups is 1. The molecule has 1 aromatic carbocycles. The average molecular weight is 399 g/mol. The summed E-state index contributed by atoms with van der Waals surface area (Å²) in [5.74, 6) is 0.588. The van der Waals surface area contributed by atoms with Crippen LogP contribution in [0.4, 0.5) is 0 Å². The standard InChI is InChI=1S/C22H30N4O3/c1-21(2,3)18-12-15(27)13-22(29-18)8-10-26(11-9-22)20(28)17-7-5-4-6-16(17)19-23-14-24-25-19/h4-7,14-15,18,27H,8-13H2,1-3H3,(H,23,24,25)/t15-,18-/m1/s1. The summed E-state index contributed by atoms with van der Waals surface area (Å²) in [6, 6.07) is 7.48. The summed E-state index contributed by atoms with van der Waals surface area (Å²) in [6.45, 7) is 7.70. The second-order valence-electron chi connectivity index (χ2n) is 9.42. The van der Waals surface area contributed by atoms with E-state index in [9.17, 15) is 9.90 Å². The summed E-state index contributed by atoms with van der Waals surface area (Å²) in [7, 11) is 0. The number of H-pyrrole nitrogens is 1. The van der Waals surface area contributed by atoms with Crippen molar-refractivity contribution in [1.29, 1.82) is 0 Å². The first-order valence-corrected chi connectivity index (χ1v) is 10.4. The Labute approximate surface area is 171 Å². The van der Waals surface area contributed by atoms with Crippen molar-refractivity contribution >= 4 is 5.91 Å². The summed E-state index contributed by atoms with van der Waals surface area (Å²) in [4.78, 5) is 19.3. The van der Waals surface area contributed by atoms with Crippen molar-refractivity contribution in [2.45, 2.75) is 64.3 Å². The van der Waals surface area contributed by atoms with E-state index in [0.29, 0.717) is 37.3 Å². The number of ether oxygens (including phenoxy) is 1. The first-order valence-electron chi connectivity index (χ1n) is 10.4. The molecule has 2 aliphatic rings. The van der Waals surface area contributed by atoms with Crippen molar-refractivity contribution in [3.8, 4) is 11.4 Å². The summed E-state index contributed by atoms with van der Waals surface area (Å²) in [5, 5.41) is 17.2. The number of amides is 1. The summed E-state index contributed by atoms with van der Waals surface area (Å²) < 4.78 is 6.54. The van der Waals surface area contributed by atoms with Gasteiger partial charge in [-0.25, -0.2) is 4.98 Å². The van der Waals surface area contributed by atoms with Gasteiger partial charge < -0.3 is 14.7 Å². The van der Waals surface area contributed by atoms with Crippen LogP contribution in [-0.2, 0) is 4.74 Å². The number of benzene rings is 1. The van der Waals surface area contributed by atoms with E-state index in [4.69, 9.17) is 4.74 Å². The molecule has 0 saturated carbocycles. The smallest absolute Gasteiger partial charge is 0.254 e. The number of aliphatic hydroxyl groups excluding tert-OH is 1. The van der Waals surface area contributed by atoms with E-state index in [0.717, 1.165) is 18.4 Å². The van der Waals surface area contributed by atoms with E-state index >= 15 is 0 Å². The lowest BCUT2D eigenvalue weighted by atomic mass is 9.76. The summed E-state index contributed by atoms with van der Waals surface area (Å²) in [5.41, 5.74) is 1.03. The predicted molar refractivity (Wildman–Crippen MR) is 109 cm³/mol. The first kappa shape index (κ1) is 20.0. The molecular weight excluding hydrogens is 368 g/mol. The normalized spacial score (nSPS) is 24.6. The Hall–Kier alpha value is -2.25. The van der Waals surface area contributed by atoms with Crippen LogP contribution in [0.5, 0.6) is 0 Å². The van der Waals surface area contributed by atoms with Crippen LogP contribution in [0.2, 0.25) is 0 Å². The highest BCUT2D eigenvalue weighted by molar-refractivity contribution is 6.00. The van der Waals surface area contributed by atoms with Gasteiger partial charge in [0.15, 0.2) is 5.82 Å². The fraction of sp³-hybridized carbons (Fsp3) is 0.591. The van der Waals surface area contributed by atoms with Crippen LogP contribution >= 0.6 is 0 Å². The van der Waals surface area contributed by atoms with Crippen molar-refractivity contribution in [3.63, 3.8) is 0 Å². The van der Waals surface area contributed by atoms with Gasteiger partial charge in [-0.2, -0.15) is 5.10 Å². The maximum Gasteiger partial charge on any atom is 0.254 e. The second-order valence-corrected chi connectivity index (χ2v) is 9.42. The number of hydrogen-bond acceptors (Lipinski definition) is 5. The Kier molecular flexibility index (Phi) is 5.21. The highest BCUT2D eigenvalue weighted by Crippen LogP contribution is 2.42. The summed E-state index contributed by atoms with van der Waals surface area (Å²) in [6.07, 6.45) is 3.94. The zero-order chi connectivity index (χ0) is 20.6. The molecule has 0 aliphatic carbocycles. The van der Waals surface area contributed by atoms with Crippen LogP contribution in [-0.4, -0.2) is 62.0 Å². The molecule has 1 spiro atoms. The monoisotopic (exact) mass is 398 g/mol. The molecule has 1 aromatic heterocycles. The minimum Gasteiger partial charge on any atom is -0.393 e. The topological polar surface area (TPSA) is 91.3 Å². The molecule has 7 nitrogen and oxygen atoms in total. The first-order chi connectivity index (χ1) is 13.8. The minimum absolute atomic E-state index is 0.00409. The van der Waals surface area contributed by atoms with Gasteiger partial charge in [0.05, 0.1) is 23.4 Å². The number of rotatable bonds is 2. The van der Waals surface area contributed by atoms with E-state index in [1.165, 1.54) is 6.33 Å². The maximum absolute atomic E-state index is 13.2. The second kappa shape index (κ2) is 7.54. The Morgan fingerprint density at radius 3 is 2.66 bits per heavy atom. The van der Waals surface area contributed by atoms with Gasteiger partial charge >= 0.3 is 0 Å². The fourth-order valence-electron chi connectivity index (χ4n) is 4.51. The maximum atomic E-state index is 13.2. The molecule has 2 aromatic rings. The number of nitrogens with one attached hydrogen (secondary N) is 1. The molecule has 2 atom stereocenters. The molecule has 156 valence electrons. The zero-order valence-corrected chi connectivity index (χ0v) is 17.4. The van der Waals surface area contributed by atoms with Crippen LogP contribution in [0.25, 0.3) is 11.4 Å². The zero-order valence-electron chi connectivity index (χ0n) is 17.4. The van der Waals surface area contributed by atoms with Gasteiger partial charge in [-0.3, -0.25) is 9.89 Å². The highest BCUT2D eigenvalue weighted by Gasteiger charge is 2.46. The number of likely N-dealkylation sites (tertiary alicyclic amines) is 1. The molecule has 0 radical (unpaired) electrons. The van der Waals surface area contributed by atoms with E-state index < -0.39 is 0 Å². The van der Waals surface area contributed by atoms with E-state index in [1.54, 1.807) is 0 Å². The fourth-order valence-corrected chi connectivity index (χ4v) is 4.51. The molecule has 2 aliphatic heterocycles. The lowest BCUT2D eigenvalue weighted by molar-refractivity contribution is -0.205. The Morgan fingerprint density at radius 1 is 1.28 bits per heavy atom. The van der Waals surface area contributed by atoms with Gasteiger partial charge in [-0.05, 0) is 24.3 Å². The Morgan fingerprint density at radius 2 is 2.00 bits per heavy atom. The number of piperidine rings is 1. The molecule has 2 fully saturated rings. The third kappa shape index (κ3) is 4.07. The van der Waals surface area contributed by atoms with Crippen molar-refractivity contribution in [1.82, 2.24) is 20.1 Å². The molecule has 7 heteroatoms. The van der Waals surface area contributed by atoms with Crippen LogP contribution in [0.3, 0.4) is 0 Å². The van der Waals surface area contributed by atoms with Crippen molar-refractivity contribution in [3.05, 3.63) is 36.2 Å². The van der Waals surface area contributed by atoms with E-state index in [2.05, 4.69) is 36.0 Å². The van der Waals surface area contributed by atoms with Crippen LogP contribution in [0, 0.1) is 5.41 Å². The van der Waals surface area contributed by atoms with Crippen LogP contribution in [0.15, 0.2) is 30.6 Å². The van der Waals surface area contributed by atoms with Gasteiger partial charge in [0.25, 0.3) is 5.91 Å². The largest absolute Gasteiger partial charge is 0.393 e. The Balaban J connectivity index is 1.49. The summed E-state index contributed by atoms with van der Waals surface area (Å²) >= 11 is 0. The van der Waals surface area contributed by atoms with Crippen molar-refractivity contribution in [2.75, 3.05) is 13.1 Å². The quantitative estimate of drug-likeness (QED) is 0.811. The van der Waals surface area contributed by atoms with E-state index in [1.807, 2.05) is 29.2 Å². The third-order valence-corrected chi connectivity index (χ3v) is 6.24. The average Bonchev–Trinajstić information content (AvgIpc) is 3.21.